The van der Waals surface area contributed by atoms with E-state index in [2.05, 4.69) is 54.3 Å². The molecule has 2 aromatic rings. The van der Waals surface area contributed by atoms with Gasteiger partial charge in [-0.15, -0.1) is 0 Å². The molecule has 0 saturated heterocycles. The molecule has 1 atom stereocenters. The summed E-state index contributed by atoms with van der Waals surface area (Å²) in [7, 11) is 0. The predicted octanol–water partition coefficient (Wildman–Crippen LogP) is 4.22. The van der Waals surface area contributed by atoms with Crippen molar-refractivity contribution in [2.75, 3.05) is 18.2 Å². The first-order valence-electron chi connectivity index (χ1n) is 8.68. The van der Waals surface area contributed by atoms with Crippen LogP contribution in [-0.4, -0.2) is 34.0 Å². The number of hydrogen-bond acceptors (Lipinski definition) is 6. The number of aliphatic hydroxyl groups excluding tert-OH is 1. The highest BCUT2D eigenvalue weighted by molar-refractivity contribution is 7.98. The largest absolute Gasteiger partial charge is 0.394 e. The van der Waals surface area contributed by atoms with Gasteiger partial charge in [0.2, 0.25) is 0 Å². The van der Waals surface area contributed by atoms with E-state index in [9.17, 15) is 10.4 Å². The van der Waals surface area contributed by atoms with Crippen molar-refractivity contribution in [3.8, 4) is 17.3 Å². The monoisotopic (exact) mass is 370 g/mol. The molecule has 1 aromatic carbocycles. The number of nitriles is 1. The fourth-order valence-electron chi connectivity index (χ4n) is 2.55. The van der Waals surface area contributed by atoms with Crippen molar-refractivity contribution in [2.24, 2.45) is 0 Å². The van der Waals surface area contributed by atoms with Crippen molar-refractivity contribution >= 4 is 17.6 Å². The summed E-state index contributed by atoms with van der Waals surface area (Å²) in [5.41, 5.74) is 3.19. The number of nitrogens with zero attached hydrogens (tertiary/aromatic N) is 3. The number of aliphatic hydroxyl groups is 1. The molecule has 0 fully saturated rings. The van der Waals surface area contributed by atoms with E-state index in [0.717, 1.165) is 12.0 Å². The minimum Gasteiger partial charge on any atom is -0.394 e. The molecular formula is C20H26N4OS. The maximum absolute atomic E-state index is 9.73. The van der Waals surface area contributed by atoms with E-state index >= 15 is 0 Å². The van der Waals surface area contributed by atoms with Crippen LogP contribution in [0.1, 0.15) is 45.2 Å². The van der Waals surface area contributed by atoms with Crippen LogP contribution in [0.25, 0.3) is 11.3 Å². The summed E-state index contributed by atoms with van der Waals surface area (Å²) in [5, 5.41) is 23.0. The number of anilines is 1. The topological polar surface area (TPSA) is 81.8 Å². The summed E-state index contributed by atoms with van der Waals surface area (Å²) in [5.74, 6) is 0.475. The van der Waals surface area contributed by atoms with Crippen LogP contribution in [0.5, 0.6) is 0 Å². The van der Waals surface area contributed by atoms with E-state index in [1.807, 2.05) is 25.3 Å². The molecule has 0 aliphatic carbocycles. The summed E-state index contributed by atoms with van der Waals surface area (Å²) in [4.78, 5) is 9.02. The van der Waals surface area contributed by atoms with Gasteiger partial charge in [-0.05, 0) is 23.7 Å². The minimum absolute atomic E-state index is 0.0183. The minimum atomic E-state index is -0.150. The molecule has 0 aliphatic rings. The second-order valence-electron chi connectivity index (χ2n) is 7.15. The molecule has 138 valence electrons. The van der Waals surface area contributed by atoms with Crippen LogP contribution in [0, 0.1) is 11.3 Å². The van der Waals surface area contributed by atoms with Gasteiger partial charge >= 0.3 is 0 Å². The molecule has 0 radical (unpaired) electrons. The van der Waals surface area contributed by atoms with E-state index in [0.29, 0.717) is 22.2 Å². The number of rotatable bonds is 6. The van der Waals surface area contributed by atoms with Crippen molar-refractivity contribution in [1.82, 2.24) is 9.97 Å². The summed E-state index contributed by atoms with van der Waals surface area (Å²) in [6.45, 7) is 8.46. The summed E-state index contributed by atoms with van der Waals surface area (Å²) in [6.07, 6.45) is 2.64. The number of nitrogens with one attached hydrogen (secondary N) is 1. The van der Waals surface area contributed by atoms with Crippen molar-refractivity contribution in [2.45, 2.75) is 50.7 Å². The van der Waals surface area contributed by atoms with Gasteiger partial charge in [0.25, 0.3) is 0 Å². The van der Waals surface area contributed by atoms with Crippen molar-refractivity contribution in [3.05, 3.63) is 35.4 Å². The Labute approximate surface area is 159 Å². The molecule has 1 aromatic heterocycles. The zero-order valence-corrected chi connectivity index (χ0v) is 16.8. The lowest BCUT2D eigenvalue weighted by molar-refractivity contribution is 0.271. The SMILES string of the molecule is CC[C@H](CO)Nc1nc(SC)nc(-c2ccc(C(C)(C)C)cc2)c1C#N. The van der Waals surface area contributed by atoms with Gasteiger partial charge in [-0.1, -0.05) is 63.7 Å². The summed E-state index contributed by atoms with van der Waals surface area (Å²) < 4.78 is 0. The molecule has 0 aliphatic heterocycles. The predicted molar refractivity (Wildman–Crippen MR) is 107 cm³/mol. The van der Waals surface area contributed by atoms with Gasteiger partial charge in [0.15, 0.2) is 5.16 Å². The van der Waals surface area contributed by atoms with Gasteiger partial charge in [-0.25, -0.2) is 9.97 Å². The molecule has 0 amide bonds. The summed E-state index contributed by atoms with van der Waals surface area (Å²) >= 11 is 1.43. The van der Waals surface area contributed by atoms with Gasteiger partial charge in [0.05, 0.1) is 18.3 Å². The lowest BCUT2D eigenvalue weighted by Crippen LogP contribution is -2.24. The average molecular weight is 371 g/mol. The lowest BCUT2D eigenvalue weighted by atomic mass is 9.86. The van der Waals surface area contributed by atoms with Crippen LogP contribution >= 0.6 is 11.8 Å². The Hall–Kier alpha value is -2.10. The third-order valence-corrected chi connectivity index (χ3v) is 4.81. The van der Waals surface area contributed by atoms with Gasteiger partial charge in [-0.2, -0.15) is 5.26 Å². The van der Waals surface area contributed by atoms with E-state index < -0.39 is 0 Å². The van der Waals surface area contributed by atoms with Crippen LogP contribution in [0.4, 0.5) is 5.82 Å². The lowest BCUT2D eigenvalue weighted by Gasteiger charge is -2.20. The maximum Gasteiger partial charge on any atom is 0.189 e. The van der Waals surface area contributed by atoms with Crippen molar-refractivity contribution in [1.29, 1.82) is 5.26 Å². The Morgan fingerprint density at radius 1 is 1.23 bits per heavy atom. The van der Waals surface area contributed by atoms with Crippen LogP contribution in [-0.2, 0) is 5.41 Å². The van der Waals surface area contributed by atoms with Gasteiger partial charge < -0.3 is 10.4 Å². The average Bonchev–Trinajstić information content (AvgIpc) is 2.64. The van der Waals surface area contributed by atoms with Crippen LogP contribution in [0.2, 0.25) is 0 Å². The molecule has 1 heterocycles. The van der Waals surface area contributed by atoms with E-state index in [1.54, 1.807) is 0 Å². The quantitative estimate of drug-likeness (QED) is 0.585. The molecule has 2 N–H and O–H groups in total. The molecular weight excluding hydrogens is 344 g/mol. The van der Waals surface area contributed by atoms with E-state index in [1.165, 1.54) is 17.3 Å². The Morgan fingerprint density at radius 3 is 2.35 bits per heavy atom. The smallest absolute Gasteiger partial charge is 0.189 e. The fraction of sp³-hybridized carbons (Fsp3) is 0.450. The highest BCUT2D eigenvalue weighted by atomic mass is 32.2. The Kier molecular flexibility index (Phi) is 6.63. The second-order valence-corrected chi connectivity index (χ2v) is 7.93. The second kappa shape index (κ2) is 8.52. The first kappa shape index (κ1) is 20.2. The third kappa shape index (κ3) is 4.54. The molecule has 0 saturated carbocycles. The number of benzene rings is 1. The normalized spacial score (nSPS) is 12.5. The Bertz CT molecular complexity index is 787. The molecule has 0 spiro atoms. The molecule has 5 nitrogen and oxygen atoms in total. The Morgan fingerprint density at radius 2 is 1.88 bits per heavy atom. The molecule has 6 heteroatoms. The van der Waals surface area contributed by atoms with Crippen LogP contribution in [0.3, 0.4) is 0 Å². The van der Waals surface area contributed by atoms with Gasteiger partial charge in [0, 0.05) is 5.56 Å². The summed E-state index contributed by atoms with van der Waals surface area (Å²) in [6, 6.07) is 10.2. The zero-order chi connectivity index (χ0) is 19.3. The standard InChI is InChI=1S/C20H26N4OS/c1-6-15(12-25)22-18-16(11-21)17(23-19(24-18)26-5)13-7-9-14(10-8-13)20(2,3)4/h7-10,15,25H,6,12H2,1-5H3,(H,22,23,24)/t15-/m1/s1. The van der Waals surface area contributed by atoms with Crippen molar-refractivity contribution in [3.63, 3.8) is 0 Å². The third-order valence-electron chi connectivity index (χ3n) is 4.26. The fourth-order valence-corrected chi connectivity index (χ4v) is 2.91. The van der Waals surface area contributed by atoms with Crippen LogP contribution in [0.15, 0.2) is 29.4 Å². The molecule has 0 unspecified atom stereocenters. The number of hydrogen-bond donors (Lipinski definition) is 2. The van der Waals surface area contributed by atoms with E-state index in [4.69, 9.17) is 0 Å². The Balaban J connectivity index is 2.55. The molecule has 26 heavy (non-hydrogen) atoms. The number of thioether (sulfide) groups is 1. The van der Waals surface area contributed by atoms with Gasteiger partial charge in [-0.3, -0.25) is 0 Å². The highest BCUT2D eigenvalue weighted by Gasteiger charge is 2.19. The molecule has 2 rings (SSSR count). The first-order chi connectivity index (χ1) is 12.3. The van der Waals surface area contributed by atoms with Crippen molar-refractivity contribution < 1.29 is 5.11 Å². The van der Waals surface area contributed by atoms with Crippen LogP contribution < -0.4 is 5.32 Å². The van der Waals surface area contributed by atoms with Gasteiger partial charge in [0.1, 0.15) is 17.5 Å². The zero-order valence-electron chi connectivity index (χ0n) is 16.0. The maximum atomic E-state index is 9.73. The first-order valence-corrected chi connectivity index (χ1v) is 9.91. The molecule has 0 bridgehead atoms. The number of aromatic nitrogens is 2. The van der Waals surface area contributed by atoms with E-state index in [-0.39, 0.29) is 18.1 Å². The highest BCUT2D eigenvalue weighted by Crippen LogP contribution is 2.31.